The Balaban J connectivity index is 2.38. The molecule has 1 atom stereocenters. The summed E-state index contributed by atoms with van der Waals surface area (Å²) in [7, 11) is 0. The molecule has 0 aliphatic rings. The highest BCUT2D eigenvalue weighted by molar-refractivity contribution is 5.94. The molecule has 0 spiro atoms. The van der Waals surface area contributed by atoms with Gasteiger partial charge in [-0.3, -0.25) is 9.78 Å². The number of nitrogens with one attached hydrogen (secondary N) is 1. The predicted molar refractivity (Wildman–Crippen MR) is 72.5 cm³/mol. The van der Waals surface area contributed by atoms with Gasteiger partial charge in [0, 0.05) is 24.9 Å². The number of alkyl carbamates (subject to hydrolysis) is 1. The molecule has 1 rings (SSSR count). The van der Waals surface area contributed by atoms with Gasteiger partial charge in [-0.25, -0.2) is 4.79 Å². The van der Waals surface area contributed by atoms with Crippen molar-refractivity contribution in [1.29, 1.82) is 0 Å². The van der Waals surface area contributed by atoms with Crippen molar-refractivity contribution in [1.82, 2.24) is 10.3 Å². The van der Waals surface area contributed by atoms with Gasteiger partial charge in [-0.15, -0.1) is 0 Å². The molecule has 0 saturated heterocycles. The number of ether oxygens (including phenoxy) is 1. The first-order valence-corrected chi connectivity index (χ1v) is 6.16. The van der Waals surface area contributed by atoms with Gasteiger partial charge in [0.1, 0.15) is 0 Å². The summed E-state index contributed by atoms with van der Waals surface area (Å²) in [5, 5.41) is 2.58. The number of hydrogen-bond donors (Lipinski definition) is 1. The minimum Gasteiger partial charge on any atom is -0.450 e. The van der Waals surface area contributed by atoms with E-state index in [2.05, 4.69) is 10.3 Å². The van der Waals surface area contributed by atoms with Crippen molar-refractivity contribution in [2.24, 2.45) is 0 Å². The van der Waals surface area contributed by atoms with Gasteiger partial charge in [0.15, 0.2) is 5.78 Å². The number of pyridine rings is 1. The molecule has 102 valence electrons. The van der Waals surface area contributed by atoms with Gasteiger partial charge in [0.2, 0.25) is 0 Å². The minimum absolute atomic E-state index is 0.0619. The molecular formula is C14H18N2O3. The molecular weight excluding hydrogens is 244 g/mol. The molecule has 0 unspecified atom stereocenters. The van der Waals surface area contributed by atoms with Crippen LogP contribution in [0.2, 0.25) is 0 Å². The number of carbonyl (C=O) groups is 2. The normalized spacial score (nSPS) is 12.1. The Hall–Kier alpha value is -2.17. The van der Waals surface area contributed by atoms with Crippen LogP contribution in [0, 0.1) is 0 Å². The molecule has 1 heterocycles. The Morgan fingerprint density at radius 2 is 2.32 bits per heavy atom. The van der Waals surface area contributed by atoms with E-state index in [0.717, 1.165) is 5.56 Å². The highest BCUT2D eigenvalue weighted by Crippen LogP contribution is 2.01. The topological polar surface area (TPSA) is 68.3 Å². The zero-order valence-electron chi connectivity index (χ0n) is 11.1. The van der Waals surface area contributed by atoms with Crippen LogP contribution < -0.4 is 5.32 Å². The summed E-state index contributed by atoms with van der Waals surface area (Å²) in [5.41, 5.74) is 0.863. The zero-order chi connectivity index (χ0) is 14.1. The second-order valence-electron chi connectivity index (χ2n) is 4.06. The maximum atomic E-state index is 11.7. The average molecular weight is 262 g/mol. The molecule has 0 aliphatic heterocycles. The van der Waals surface area contributed by atoms with E-state index in [-0.39, 0.29) is 18.2 Å². The van der Waals surface area contributed by atoms with Crippen LogP contribution in [0.4, 0.5) is 4.79 Å². The molecule has 1 amide bonds. The first kappa shape index (κ1) is 14.9. The summed E-state index contributed by atoms with van der Waals surface area (Å²) in [5.74, 6) is -0.0619. The van der Waals surface area contributed by atoms with Crippen molar-refractivity contribution in [3.63, 3.8) is 0 Å². The number of rotatable bonds is 6. The van der Waals surface area contributed by atoms with Gasteiger partial charge in [-0.2, -0.15) is 0 Å². The Labute approximate surface area is 112 Å². The van der Waals surface area contributed by atoms with Crippen molar-refractivity contribution < 1.29 is 14.3 Å². The second kappa shape index (κ2) is 8.02. The smallest absolute Gasteiger partial charge is 0.407 e. The largest absolute Gasteiger partial charge is 0.450 e. The predicted octanol–water partition coefficient (Wildman–Crippen LogP) is 2.19. The van der Waals surface area contributed by atoms with Gasteiger partial charge in [-0.05, 0) is 37.6 Å². The molecule has 0 saturated carbocycles. The first-order chi connectivity index (χ1) is 9.11. The summed E-state index contributed by atoms with van der Waals surface area (Å²) < 4.78 is 4.74. The number of nitrogens with zero attached hydrogens (tertiary/aromatic N) is 1. The summed E-state index contributed by atoms with van der Waals surface area (Å²) in [4.78, 5) is 26.8. The van der Waals surface area contributed by atoms with E-state index in [1.54, 1.807) is 38.4 Å². The fraction of sp³-hybridized carbons (Fsp3) is 0.357. The lowest BCUT2D eigenvalue weighted by Crippen LogP contribution is -2.34. The van der Waals surface area contributed by atoms with Gasteiger partial charge in [-0.1, -0.05) is 6.07 Å². The Morgan fingerprint density at radius 1 is 1.53 bits per heavy atom. The molecule has 5 nitrogen and oxygen atoms in total. The number of amides is 1. The lowest BCUT2D eigenvalue weighted by Gasteiger charge is -2.11. The standard InChI is InChI=1S/C14H18N2O3/c1-3-19-14(18)16-11(2)9-13(17)7-6-12-5-4-8-15-10-12/h4-8,10-11H,3,9H2,1-2H3,(H,16,18)/b7-6+/t11-/m1/s1. The third kappa shape index (κ3) is 6.35. The monoisotopic (exact) mass is 262 g/mol. The number of hydrogen-bond acceptors (Lipinski definition) is 4. The lowest BCUT2D eigenvalue weighted by molar-refractivity contribution is -0.114. The maximum Gasteiger partial charge on any atom is 0.407 e. The zero-order valence-corrected chi connectivity index (χ0v) is 11.1. The van der Waals surface area contributed by atoms with Crippen LogP contribution in [0.25, 0.3) is 6.08 Å². The van der Waals surface area contributed by atoms with Gasteiger partial charge >= 0.3 is 6.09 Å². The fourth-order valence-corrected chi connectivity index (χ4v) is 1.46. The van der Waals surface area contributed by atoms with E-state index >= 15 is 0 Å². The van der Waals surface area contributed by atoms with Crippen LogP contribution in [0.1, 0.15) is 25.8 Å². The van der Waals surface area contributed by atoms with Crippen LogP contribution in [0.15, 0.2) is 30.6 Å². The third-order valence-corrected chi connectivity index (χ3v) is 2.29. The van der Waals surface area contributed by atoms with E-state index < -0.39 is 6.09 Å². The molecule has 0 fully saturated rings. The lowest BCUT2D eigenvalue weighted by atomic mass is 10.1. The Morgan fingerprint density at radius 3 is 2.95 bits per heavy atom. The van der Waals surface area contributed by atoms with Crippen LogP contribution in [-0.2, 0) is 9.53 Å². The SMILES string of the molecule is CCOC(=O)N[C@H](C)CC(=O)/C=C/c1cccnc1. The first-order valence-electron chi connectivity index (χ1n) is 6.16. The summed E-state index contributed by atoms with van der Waals surface area (Å²) in [6, 6.07) is 3.40. The van der Waals surface area contributed by atoms with Crippen molar-refractivity contribution in [2.45, 2.75) is 26.3 Å². The van der Waals surface area contributed by atoms with E-state index in [1.807, 2.05) is 6.07 Å². The van der Waals surface area contributed by atoms with Crippen molar-refractivity contribution in [2.75, 3.05) is 6.61 Å². The quantitative estimate of drug-likeness (QED) is 0.798. The van der Waals surface area contributed by atoms with Crippen LogP contribution in [0.5, 0.6) is 0 Å². The second-order valence-corrected chi connectivity index (χ2v) is 4.06. The molecule has 1 N–H and O–H groups in total. The highest BCUT2D eigenvalue weighted by atomic mass is 16.5. The molecule has 0 radical (unpaired) electrons. The minimum atomic E-state index is -0.501. The summed E-state index contributed by atoms with van der Waals surface area (Å²) in [6.45, 7) is 3.80. The Bertz CT molecular complexity index is 443. The van der Waals surface area contributed by atoms with Gasteiger partial charge < -0.3 is 10.1 Å². The van der Waals surface area contributed by atoms with E-state index in [0.29, 0.717) is 6.61 Å². The molecule has 1 aromatic rings. The number of allylic oxidation sites excluding steroid dienone is 1. The van der Waals surface area contributed by atoms with Crippen LogP contribution >= 0.6 is 0 Å². The number of carbonyl (C=O) groups excluding carboxylic acids is 2. The third-order valence-electron chi connectivity index (χ3n) is 2.29. The van der Waals surface area contributed by atoms with Crippen molar-refractivity contribution >= 4 is 18.0 Å². The molecule has 1 aromatic heterocycles. The number of ketones is 1. The van der Waals surface area contributed by atoms with E-state index in [1.165, 1.54) is 6.08 Å². The average Bonchev–Trinajstić information content (AvgIpc) is 2.37. The molecule has 0 bridgehead atoms. The number of aromatic nitrogens is 1. The molecule has 0 aromatic carbocycles. The molecule has 5 heteroatoms. The van der Waals surface area contributed by atoms with E-state index in [4.69, 9.17) is 4.74 Å². The van der Waals surface area contributed by atoms with Crippen molar-refractivity contribution in [3.8, 4) is 0 Å². The fourth-order valence-electron chi connectivity index (χ4n) is 1.46. The van der Waals surface area contributed by atoms with Gasteiger partial charge in [0.25, 0.3) is 0 Å². The van der Waals surface area contributed by atoms with Crippen molar-refractivity contribution in [3.05, 3.63) is 36.2 Å². The Kier molecular flexibility index (Phi) is 6.29. The summed E-state index contributed by atoms with van der Waals surface area (Å²) in [6.07, 6.45) is 6.26. The van der Waals surface area contributed by atoms with Crippen LogP contribution in [-0.4, -0.2) is 29.5 Å². The van der Waals surface area contributed by atoms with Gasteiger partial charge in [0.05, 0.1) is 6.61 Å². The maximum absolute atomic E-state index is 11.7. The summed E-state index contributed by atoms with van der Waals surface area (Å²) >= 11 is 0. The van der Waals surface area contributed by atoms with E-state index in [9.17, 15) is 9.59 Å². The molecule has 0 aliphatic carbocycles. The highest BCUT2D eigenvalue weighted by Gasteiger charge is 2.10. The van der Waals surface area contributed by atoms with Crippen LogP contribution in [0.3, 0.4) is 0 Å². The molecule has 19 heavy (non-hydrogen) atoms.